The Morgan fingerprint density at radius 1 is 1.00 bits per heavy atom. The van der Waals surface area contributed by atoms with Gasteiger partial charge < -0.3 is 9.47 Å². The number of ketones is 1. The SMILES string of the molecule is CCOC(=O)C(=O)CC=C(SCc1ccc(C)cc1)C(=O)OCC. The van der Waals surface area contributed by atoms with Crippen LogP contribution in [0, 0.1) is 6.92 Å². The lowest BCUT2D eigenvalue weighted by Gasteiger charge is -2.07. The smallest absolute Gasteiger partial charge is 0.374 e. The largest absolute Gasteiger partial charge is 0.462 e. The van der Waals surface area contributed by atoms with Crippen molar-refractivity contribution in [2.24, 2.45) is 0 Å². The molecule has 1 rings (SSSR count). The second kappa shape index (κ2) is 10.6. The van der Waals surface area contributed by atoms with Gasteiger partial charge in [0.25, 0.3) is 0 Å². The summed E-state index contributed by atoms with van der Waals surface area (Å²) >= 11 is 1.28. The number of thioether (sulfide) groups is 1. The molecule has 0 aliphatic heterocycles. The maximum Gasteiger partial charge on any atom is 0.374 e. The summed E-state index contributed by atoms with van der Waals surface area (Å²) in [7, 11) is 0. The fourth-order valence-electron chi connectivity index (χ4n) is 1.73. The van der Waals surface area contributed by atoms with E-state index in [4.69, 9.17) is 4.74 Å². The maximum atomic E-state index is 12.0. The lowest BCUT2D eigenvalue weighted by molar-refractivity contribution is -0.153. The van der Waals surface area contributed by atoms with E-state index in [0.717, 1.165) is 11.1 Å². The molecular formula is C18H22O5S. The van der Waals surface area contributed by atoms with Gasteiger partial charge in [-0.2, -0.15) is 0 Å². The van der Waals surface area contributed by atoms with Gasteiger partial charge in [-0.05, 0) is 26.3 Å². The van der Waals surface area contributed by atoms with Crippen LogP contribution in [-0.4, -0.2) is 30.9 Å². The molecule has 0 aliphatic rings. The van der Waals surface area contributed by atoms with E-state index < -0.39 is 17.7 Å². The summed E-state index contributed by atoms with van der Waals surface area (Å²) in [6.07, 6.45) is 1.24. The molecular weight excluding hydrogens is 328 g/mol. The van der Waals surface area contributed by atoms with E-state index >= 15 is 0 Å². The van der Waals surface area contributed by atoms with Crippen LogP contribution in [0.5, 0.6) is 0 Å². The standard InChI is InChI=1S/C18H22O5S/c1-4-22-17(20)15(19)10-11-16(18(21)23-5-2)24-12-14-8-6-13(3)7-9-14/h6-9,11H,4-5,10,12H2,1-3H3. The molecule has 1 aromatic carbocycles. The predicted octanol–water partition coefficient (Wildman–Crippen LogP) is 3.20. The number of benzene rings is 1. The van der Waals surface area contributed by atoms with Crippen molar-refractivity contribution in [1.82, 2.24) is 0 Å². The van der Waals surface area contributed by atoms with Gasteiger partial charge in [0.15, 0.2) is 0 Å². The monoisotopic (exact) mass is 350 g/mol. The first-order chi connectivity index (χ1) is 11.5. The number of carbonyl (C=O) groups is 3. The summed E-state index contributed by atoms with van der Waals surface area (Å²) in [4.78, 5) is 35.3. The number of aryl methyl sites for hydroxylation is 1. The Bertz CT molecular complexity index is 604. The highest BCUT2D eigenvalue weighted by atomic mass is 32.2. The highest BCUT2D eigenvalue weighted by Gasteiger charge is 2.16. The molecule has 0 aliphatic carbocycles. The molecule has 130 valence electrons. The molecule has 0 radical (unpaired) electrons. The van der Waals surface area contributed by atoms with Crippen LogP contribution in [0.4, 0.5) is 0 Å². The first-order valence-electron chi connectivity index (χ1n) is 7.73. The molecule has 0 spiro atoms. The molecule has 0 heterocycles. The van der Waals surface area contributed by atoms with Crippen LogP contribution >= 0.6 is 11.8 Å². The van der Waals surface area contributed by atoms with Gasteiger partial charge in [0.2, 0.25) is 5.78 Å². The summed E-state index contributed by atoms with van der Waals surface area (Å²) in [5.74, 6) is -1.50. The van der Waals surface area contributed by atoms with Crippen molar-refractivity contribution < 1.29 is 23.9 Å². The maximum absolute atomic E-state index is 12.0. The number of hydrogen-bond acceptors (Lipinski definition) is 6. The first-order valence-corrected chi connectivity index (χ1v) is 8.72. The Balaban J connectivity index is 2.74. The lowest BCUT2D eigenvalue weighted by Crippen LogP contribution is -2.16. The van der Waals surface area contributed by atoms with Gasteiger partial charge >= 0.3 is 11.9 Å². The zero-order chi connectivity index (χ0) is 17.9. The molecule has 0 aromatic heterocycles. The van der Waals surface area contributed by atoms with Crippen molar-refractivity contribution in [3.05, 3.63) is 46.4 Å². The van der Waals surface area contributed by atoms with Crippen molar-refractivity contribution in [1.29, 1.82) is 0 Å². The van der Waals surface area contributed by atoms with Crippen LogP contribution in [-0.2, 0) is 29.6 Å². The summed E-state index contributed by atoms with van der Waals surface area (Å²) in [5.41, 5.74) is 2.21. The molecule has 0 amide bonds. The highest BCUT2D eigenvalue weighted by Crippen LogP contribution is 2.23. The third kappa shape index (κ3) is 7.00. The van der Waals surface area contributed by atoms with Crippen LogP contribution in [0.2, 0.25) is 0 Å². The molecule has 0 bridgehead atoms. The third-order valence-electron chi connectivity index (χ3n) is 2.97. The van der Waals surface area contributed by atoms with Crippen LogP contribution < -0.4 is 0 Å². The topological polar surface area (TPSA) is 69.7 Å². The molecule has 0 atom stereocenters. The summed E-state index contributed by atoms with van der Waals surface area (Å²) in [6, 6.07) is 7.95. The van der Waals surface area contributed by atoms with Crippen LogP contribution in [0.15, 0.2) is 35.2 Å². The Labute approximate surface area is 146 Å². The minimum Gasteiger partial charge on any atom is -0.462 e. The van der Waals surface area contributed by atoms with Crippen molar-refractivity contribution in [2.45, 2.75) is 32.9 Å². The van der Waals surface area contributed by atoms with Gasteiger partial charge in [0.05, 0.1) is 18.1 Å². The number of Topliss-reactive ketones (excluding diaryl/α,β-unsaturated/α-hetero) is 1. The van der Waals surface area contributed by atoms with E-state index in [2.05, 4.69) is 4.74 Å². The van der Waals surface area contributed by atoms with E-state index in [1.807, 2.05) is 31.2 Å². The average molecular weight is 350 g/mol. The summed E-state index contributed by atoms with van der Waals surface area (Å²) in [6.45, 7) is 5.72. The fraction of sp³-hybridized carbons (Fsp3) is 0.389. The van der Waals surface area contributed by atoms with Gasteiger partial charge in [-0.3, -0.25) is 4.79 Å². The minimum atomic E-state index is -0.888. The number of esters is 2. The average Bonchev–Trinajstić information content (AvgIpc) is 2.56. The molecule has 6 heteroatoms. The minimum absolute atomic E-state index is 0.140. The predicted molar refractivity (Wildman–Crippen MR) is 93.4 cm³/mol. The Kier molecular flexibility index (Phi) is 8.86. The van der Waals surface area contributed by atoms with Crippen LogP contribution in [0.1, 0.15) is 31.4 Å². The molecule has 0 fully saturated rings. The molecule has 5 nitrogen and oxygen atoms in total. The van der Waals surface area contributed by atoms with Gasteiger partial charge in [-0.15, -0.1) is 11.8 Å². The Morgan fingerprint density at radius 3 is 2.17 bits per heavy atom. The van der Waals surface area contributed by atoms with Gasteiger partial charge in [-0.1, -0.05) is 35.9 Å². The van der Waals surface area contributed by atoms with E-state index in [1.165, 1.54) is 17.8 Å². The quantitative estimate of drug-likeness (QED) is 0.387. The normalized spacial score (nSPS) is 11.0. The van der Waals surface area contributed by atoms with Crippen molar-refractivity contribution in [2.75, 3.05) is 13.2 Å². The van der Waals surface area contributed by atoms with Crippen LogP contribution in [0.25, 0.3) is 0 Å². The van der Waals surface area contributed by atoms with Gasteiger partial charge in [0, 0.05) is 12.2 Å². The molecule has 1 aromatic rings. The third-order valence-corrected chi connectivity index (χ3v) is 4.09. The van der Waals surface area contributed by atoms with Gasteiger partial charge in [-0.25, -0.2) is 9.59 Å². The van der Waals surface area contributed by atoms with Crippen molar-refractivity contribution in [3.8, 4) is 0 Å². The number of carbonyl (C=O) groups excluding carboxylic acids is 3. The van der Waals surface area contributed by atoms with Crippen molar-refractivity contribution >= 4 is 29.5 Å². The molecule has 0 saturated heterocycles. The van der Waals surface area contributed by atoms with Crippen LogP contribution in [0.3, 0.4) is 0 Å². The second-order valence-corrected chi connectivity index (χ2v) is 5.93. The molecule has 24 heavy (non-hydrogen) atoms. The summed E-state index contributed by atoms with van der Waals surface area (Å²) in [5, 5.41) is 0. The Hall–Kier alpha value is -2.08. The molecule has 0 N–H and O–H groups in total. The van der Waals surface area contributed by atoms with E-state index in [1.54, 1.807) is 13.8 Å². The molecule has 0 saturated carbocycles. The number of ether oxygens (including phenoxy) is 2. The molecule has 0 unspecified atom stereocenters. The Morgan fingerprint density at radius 2 is 1.58 bits per heavy atom. The van der Waals surface area contributed by atoms with Gasteiger partial charge in [0.1, 0.15) is 0 Å². The van der Waals surface area contributed by atoms with E-state index in [9.17, 15) is 14.4 Å². The first kappa shape index (κ1) is 20.0. The zero-order valence-electron chi connectivity index (χ0n) is 14.2. The highest BCUT2D eigenvalue weighted by molar-refractivity contribution is 8.03. The number of rotatable bonds is 9. The van der Waals surface area contributed by atoms with E-state index in [-0.39, 0.29) is 19.6 Å². The number of allylic oxidation sites excluding steroid dienone is 1. The van der Waals surface area contributed by atoms with E-state index in [0.29, 0.717) is 10.7 Å². The lowest BCUT2D eigenvalue weighted by atomic mass is 10.2. The zero-order valence-corrected chi connectivity index (χ0v) is 15.0. The fourth-order valence-corrected chi connectivity index (χ4v) is 2.62. The summed E-state index contributed by atoms with van der Waals surface area (Å²) < 4.78 is 9.64. The second-order valence-electron chi connectivity index (χ2n) is 4.91. The number of hydrogen-bond donors (Lipinski definition) is 0. The van der Waals surface area contributed by atoms with Crippen molar-refractivity contribution in [3.63, 3.8) is 0 Å².